The van der Waals surface area contributed by atoms with Crippen LogP contribution in [0.2, 0.25) is 0 Å². The van der Waals surface area contributed by atoms with E-state index in [0.717, 1.165) is 62.1 Å². The third kappa shape index (κ3) is 3.69. The molecule has 2 aromatic heterocycles. The maximum absolute atomic E-state index is 12.1. The Bertz CT molecular complexity index is 864. The van der Waals surface area contributed by atoms with Gasteiger partial charge in [0.1, 0.15) is 0 Å². The summed E-state index contributed by atoms with van der Waals surface area (Å²) >= 11 is 6.82. The maximum atomic E-state index is 12.1. The monoisotopic (exact) mass is 378 g/mol. The molecule has 0 saturated carbocycles. The van der Waals surface area contributed by atoms with Gasteiger partial charge in [0.15, 0.2) is 9.90 Å². The van der Waals surface area contributed by atoms with Crippen LogP contribution < -0.4 is 10.5 Å². The molecule has 4 rings (SSSR count). The van der Waals surface area contributed by atoms with Crippen LogP contribution in [0.1, 0.15) is 16.1 Å². The first-order valence-corrected chi connectivity index (χ1v) is 9.76. The third-order valence-electron chi connectivity index (χ3n) is 4.88. The van der Waals surface area contributed by atoms with Crippen LogP contribution in [0.15, 0.2) is 11.0 Å². The summed E-state index contributed by atoms with van der Waals surface area (Å²) in [6, 6.07) is 0. The van der Waals surface area contributed by atoms with E-state index in [4.69, 9.17) is 12.2 Å². The highest BCUT2D eigenvalue weighted by atomic mass is 32.1. The molecule has 4 heterocycles. The number of aromatic nitrogens is 3. The minimum atomic E-state index is -0.0640. The lowest BCUT2D eigenvalue weighted by Crippen LogP contribution is -2.44. The van der Waals surface area contributed by atoms with Gasteiger partial charge in [-0.2, -0.15) is 0 Å². The normalized spacial score (nSPS) is 19.2. The summed E-state index contributed by atoms with van der Waals surface area (Å²) in [4.78, 5) is 30.8. The average Bonchev–Trinajstić information content (AvgIpc) is 3.04. The quantitative estimate of drug-likeness (QED) is 0.782. The lowest BCUT2D eigenvalue weighted by Gasteiger charge is -2.32. The number of hydrogen-bond donors (Lipinski definition) is 2. The third-order valence-corrected chi connectivity index (χ3v) is 6.13. The SMILES string of the molecule is CN1CCN(c2ncc(CN3CCc4[nH]c(=S)[nH]c(=O)c4C3)s2)CC1. The molecule has 7 nitrogen and oxygen atoms in total. The largest absolute Gasteiger partial charge is 0.346 e. The zero-order valence-corrected chi connectivity index (χ0v) is 15.9. The van der Waals surface area contributed by atoms with Crippen molar-refractivity contribution in [3.05, 3.63) is 37.5 Å². The van der Waals surface area contributed by atoms with Gasteiger partial charge in [-0.3, -0.25) is 14.7 Å². The minimum Gasteiger partial charge on any atom is -0.346 e. The molecule has 0 spiro atoms. The number of thiazole rings is 1. The smallest absolute Gasteiger partial charge is 0.256 e. The Hall–Kier alpha value is -1.55. The Balaban J connectivity index is 1.43. The summed E-state index contributed by atoms with van der Waals surface area (Å²) in [6.07, 6.45) is 2.81. The highest BCUT2D eigenvalue weighted by molar-refractivity contribution is 7.71. The molecule has 1 fully saturated rings. The molecule has 2 aliphatic heterocycles. The predicted octanol–water partition coefficient (Wildman–Crippen LogP) is 1.20. The number of anilines is 1. The summed E-state index contributed by atoms with van der Waals surface area (Å²) in [5.74, 6) is 0. The fourth-order valence-corrected chi connectivity index (χ4v) is 4.60. The van der Waals surface area contributed by atoms with Crippen LogP contribution in [0.4, 0.5) is 5.13 Å². The maximum Gasteiger partial charge on any atom is 0.256 e. The Labute approximate surface area is 155 Å². The van der Waals surface area contributed by atoms with Crippen molar-refractivity contribution < 1.29 is 0 Å². The van der Waals surface area contributed by atoms with Crippen molar-refractivity contribution in [2.45, 2.75) is 19.5 Å². The number of likely N-dealkylation sites (N-methyl/N-ethyl adjacent to an activating group) is 1. The van der Waals surface area contributed by atoms with Gasteiger partial charge in [-0.15, -0.1) is 11.3 Å². The molecule has 134 valence electrons. The first kappa shape index (κ1) is 16.9. The van der Waals surface area contributed by atoms with Crippen molar-refractivity contribution >= 4 is 28.7 Å². The van der Waals surface area contributed by atoms with E-state index in [-0.39, 0.29) is 5.56 Å². The summed E-state index contributed by atoms with van der Waals surface area (Å²) in [5, 5.41) is 1.11. The highest BCUT2D eigenvalue weighted by Crippen LogP contribution is 2.26. The minimum absolute atomic E-state index is 0.0640. The molecule has 0 bridgehead atoms. The van der Waals surface area contributed by atoms with Crippen molar-refractivity contribution in [1.82, 2.24) is 24.8 Å². The van der Waals surface area contributed by atoms with Crippen molar-refractivity contribution in [2.75, 3.05) is 44.7 Å². The molecule has 0 radical (unpaired) electrons. The number of nitrogens with one attached hydrogen (secondary N) is 2. The van der Waals surface area contributed by atoms with Crippen molar-refractivity contribution in [3.8, 4) is 0 Å². The Morgan fingerprint density at radius 1 is 1.24 bits per heavy atom. The first-order valence-electron chi connectivity index (χ1n) is 8.53. The van der Waals surface area contributed by atoms with Crippen LogP contribution in [-0.2, 0) is 19.5 Å². The van der Waals surface area contributed by atoms with E-state index < -0.39 is 0 Å². The average molecular weight is 379 g/mol. The van der Waals surface area contributed by atoms with Crippen molar-refractivity contribution in [3.63, 3.8) is 0 Å². The van der Waals surface area contributed by atoms with E-state index in [1.54, 1.807) is 11.3 Å². The molecule has 1 saturated heterocycles. The number of aromatic amines is 2. The van der Waals surface area contributed by atoms with Crippen LogP contribution in [0, 0.1) is 4.77 Å². The van der Waals surface area contributed by atoms with E-state index in [1.165, 1.54) is 4.88 Å². The van der Waals surface area contributed by atoms with Gasteiger partial charge in [0.2, 0.25) is 0 Å². The number of H-pyrrole nitrogens is 2. The molecule has 0 aliphatic carbocycles. The molecule has 0 atom stereocenters. The van der Waals surface area contributed by atoms with Crippen LogP contribution >= 0.6 is 23.6 Å². The molecular formula is C16H22N6OS2. The fraction of sp³-hybridized carbons (Fsp3) is 0.562. The van der Waals surface area contributed by atoms with Crippen LogP contribution in [-0.4, -0.2) is 64.5 Å². The van der Waals surface area contributed by atoms with Crippen molar-refractivity contribution in [1.29, 1.82) is 0 Å². The molecule has 2 aliphatic rings. The highest BCUT2D eigenvalue weighted by Gasteiger charge is 2.21. The molecule has 2 N–H and O–H groups in total. The van der Waals surface area contributed by atoms with E-state index in [1.807, 2.05) is 6.20 Å². The molecule has 9 heteroatoms. The lowest BCUT2D eigenvalue weighted by molar-refractivity contribution is 0.243. The topological polar surface area (TPSA) is 71.3 Å². The van der Waals surface area contributed by atoms with Gasteiger partial charge >= 0.3 is 0 Å². The second kappa shape index (κ2) is 6.99. The van der Waals surface area contributed by atoms with Gasteiger partial charge in [0.25, 0.3) is 5.56 Å². The van der Waals surface area contributed by atoms with E-state index in [2.05, 4.69) is 36.7 Å². The number of fused-ring (bicyclic) bond motifs is 1. The molecule has 2 aromatic rings. The van der Waals surface area contributed by atoms with Crippen molar-refractivity contribution in [2.24, 2.45) is 0 Å². The summed E-state index contributed by atoms with van der Waals surface area (Å²) in [7, 11) is 2.16. The molecule has 0 amide bonds. The standard InChI is InChI=1S/C16H22N6OS2/c1-20-4-6-22(7-5-20)16-17-8-11(25-16)9-21-3-2-13-12(10-21)14(23)19-15(24)18-13/h8H,2-7,9-10H2,1H3,(H2,18,19,23,24). The van der Waals surface area contributed by atoms with Crippen LogP contribution in [0.5, 0.6) is 0 Å². The molecule has 0 aromatic carbocycles. The molecule has 0 unspecified atom stereocenters. The Kier molecular flexibility index (Phi) is 4.72. The fourth-order valence-electron chi connectivity index (χ4n) is 3.38. The van der Waals surface area contributed by atoms with E-state index in [0.29, 0.717) is 11.3 Å². The van der Waals surface area contributed by atoms with E-state index >= 15 is 0 Å². The number of nitrogens with zero attached hydrogens (tertiary/aromatic N) is 4. The molecule has 25 heavy (non-hydrogen) atoms. The summed E-state index contributed by atoms with van der Waals surface area (Å²) in [6.45, 7) is 6.65. The second-order valence-electron chi connectivity index (χ2n) is 6.73. The molecular weight excluding hydrogens is 356 g/mol. The van der Waals surface area contributed by atoms with Gasteiger partial charge in [0.05, 0.1) is 5.56 Å². The number of rotatable bonds is 3. The lowest BCUT2D eigenvalue weighted by atomic mass is 10.1. The Morgan fingerprint density at radius 2 is 2.04 bits per heavy atom. The first-order chi connectivity index (χ1) is 12.1. The van der Waals surface area contributed by atoms with Gasteiger partial charge in [-0.1, -0.05) is 0 Å². The van der Waals surface area contributed by atoms with Gasteiger partial charge < -0.3 is 14.8 Å². The zero-order valence-electron chi connectivity index (χ0n) is 14.2. The van der Waals surface area contributed by atoms with Crippen LogP contribution in [0.3, 0.4) is 0 Å². The van der Waals surface area contributed by atoms with Gasteiger partial charge in [0, 0.05) is 69.0 Å². The van der Waals surface area contributed by atoms with Crippen LogP contribution in [0.25, 0.3) is 0 Å². The predicted molar refractivity (Wildman–Crippen MR) is 102 cm³/mol. The van der Waals surface area contributed by atoms with Gasteiger partial charge in [-0.05, 0) is 19.3 Å². The Morgan fingerprint density at radius 3 is 2.84 bits per heavy atom. The number of hydrogen-bond acceptors (Lipinski definition) is 7. The van der Waals surface area contributed by atoms with E-state index in [9.17, 15) is 4.79 Å². The second-order valence-corrected chi connectivity index (χ2v) is 8.23. The number of piperazine rings is 1. The summed E-state index contributed by atoms with van der Waals surface area (Å²) in [5.41, 5.74) is 1.72. The summed E-state index contributed by atoms with van der Waals surface area (Å²) < 4.78 is 0.413. The van der Waals surface area contributed by atoms with Gasteiger partial charge in [-0.25, -0.2) is 4.98 Å². The zero-order chi connectivity index (χ0) is 17.4.